The van der Waals surface area contributed by atoms with Crippen molar-refractivity contribution >= 4 is 27.9 Å². The fourth-order valence-electron chi connectivity index (χ4n) is 4.36. The van der Waals surface area contributed by atoms with E-state index in [4.69, 9.17) is 0 Å². The van der Waals surface area contributed by atoms with Gasteiger partial charge >= 0.3 is 0 Å². The van der Waals surface area contributed by atoms with E-state index in [9.17, 15) is 0 Å². The van der Waals surface area contributed by atoms with Gasteiger partial charge in [0, 0.05) is 61.1 Å². The van der Waals surface area contributed by atoms with Gasteiger partial charge in [-0.2, -0.15) is 0 Å². The number of aromatic nitrogens is 5. The minimum Gasteiger partial charge on any atom is -0.368 e. The van der Waals surface area contributed by atoms with Crippen LogP contribution in [-0.2, 0) is 0 Å². The van der Waals surface area contributed by atoms with Gasteiger partial charge in [0.15, 0.2) is 5.65 Å². The molecule has 4 aromatic heterocycles. The molecule has 150 valence electrons. The van der Waals surface area contributed by atoms with Crippen molar-refractivity contribution in [2.75, 3.05) is 38.1 Å². The van der Waals surface area contributed by atoms with Crippen LogP contribution in [0.4, 0.5) is 5.69 Å². The third kappa shape index (κ3) is 3.06. The highest BCUT2D eigenvalue weighted by Crippen LogP contribution is 2.32. The van der Waals surface area contributed by atoms with Gasteiger partial charge in [0.25, 0.3) is 0 Å². The minimum atomic E-state index is 0.338. The number of hydrogen-bond acceptors (Lipinski definition) is 5. The second kappa shape index (κ2) is 6.84. The second-order valence-electron chi connectivity index (χ2n) is 8.27. The number of fused-ring (bicyclic) bond motifs is 2. The number of imidazole rings is 1. The fourth-order valence-corrected chi connectivity index (χ4v) is 4.36. The molecule has 5 heterocycles. The number of aryl methyl sites for hydroxylation is 1. The Morgan fingerprint density at radius 3 is 2.59 bits per heavy atom. The Balaban J connectivity index is 1.59. The molecule has 0 spiro atoms. The lowest BCUT2D eigenvalue weighted by atomic mass is 10.1. The van der Waals surface area contributed by atoms with E-state index in [-0.39, 0.29) is 0 Å². The number of hydrogen-bond donors (Lipinski definition) is 1. The molecule has 0 atom stereocenters. The standard InChI is InChI=1S/C22H27N7/c1-14(2)29-15(3)26-22-20(29)9-16(11-23-22)19-13-25-21-18(19)10-17(12-24-21)28-7-5-27(4)6-8-28/h9-14H,5-8H2,1-4H3,(H,24,25). The molecule has 7 nitrogen and oxygen atoms in total. The lowest BCUT2D eigenvalue weighted by Crippen LogP contribution is -2.44. The Hall–Kier alpha value is -2.93. The normalized spacial score (nSPS) is 15.8. The molecule has 1 fully saturated rings. The molecule has 1 saturated heterocycles. The number of rotatable bonds is 3. The molecular weight excluding hydrogens is 362 g/mol. The van der Waals surface area contributed by atoms with E-state index in [1.165, 1.54) is 5.69 Å². The van der Waals surface area contributed by atoms with Crippen molar-refractivity contribution in [1.82, 2.24) is 29.4 Å². The Morgan fingerprint density at radius 1 is 1.03 bits per heavy atom. The van der Waals surface area contributed by atoms with E-state index in [0.717, 1.165) is 65.3 Å². The molecule has 4 aromatic rings. The Labute approximate surface area is 170 Å². The number of nitrogens with one attached hydrogen (secondary N) is 1. The van der Waals surface area contributed by atoms with Gasteiger partial charge in [0.2, 0.25) is 0 Å². The fraction of sp³-hybridized carbons (Fsp3) is 0.409. The van der Waals surface area contributed by atoms with E-state index in [1.807, 2.05) is 25.5 Å². The summed E-state index contributed by atoms with van der Waals surface area (Å²) in [6, 6.07) is 4.80. The van der Waals surface area contributed by atoms with Crippen molar-refractivity contribution in [2.45, 2.75) is 26.8 Å². The quantitative estimate of drug-likeness (QED) is 0.580. The molecule has 1 N–H and O–H groups in total. The summed E-state index contributed by atoms with van der Waals surface area (Å²) < 4.78 is 2.24. The van der Waals surface area contributed by atoms with Gasteiger partial charge in [-0.1, -0.05) is 0 Å². The Bertz CT molecular complexity index is 1180. The van der Waals surface area contributed by atoms with Gasteiger partial charge in [-0.05, 0) is 40.0 Å². The molecule has 0 amide bonds. The largest absolute Gasteiger partial charge is 0.368 e. The number of nitrogens with zero attached hydrogens (tertiary/aromatic N) is 6. The topological polar surface area (TPSA) is 65.9 Å². The van der Waals surface area contributed by atoms with Gasteiger partial charge < -0.3 is 19.4 Å². The summed E-state index contributed by atoms with van der Waals surface area (Å²) in [5.41, 5.74) is 6.19. The maximum Gasteiger partial charge on any atom is 0.177 e. The molecule has 1 aliphatic rings. The zero-order chi connectivity index (χ0) is 20.1. The third-order valence-electron chi connectivity index (χ3n) is 5.94. The first-order valence-electron chi connectivity index (χ1n) is 10.3. The van der Waals surface area contributed by atoms with Crippen LogP contribution in [0.1, 0.15) is 25.7 Å². The summed E-state index contributed by atoms with van der Waals surface area (Å²) in [6.07, 6.45) is 5.94. The van der Waals surface area contributed by atoms with Crippen molar-refractivity contribution < 1.29 is 0 Å². The molecule has 0 saturated carbocycles. The van der Waals surface area contributed by atoms with E-state index < -0.39 is 0 Å². The van der Waals surface area contributed by atoms with Gasteiger partial charge in [-0.25, -0.2) is 15.0 Å². The highest BCUT2D eigenvalue weighted by molar-refractivity contribution is 5.96. The van der Waals surface area contributed by atoms with Crippen molar-refractivity contribution in [2.24, 2.45) is 0 Å². The third-order valence-corrected chi connectivity index (χ3v) is 5.94. The summed E-state index contributed by atoms with van der Waals surface area (Å²) >= 11 is 0. The van der Waals surface area contributed by atoms with Crippen LogP contribution >= 0.6 is 0 Å². The number of aromatic amines is 1. The summed E-state index contributed by atoms with van der Waals surface area (Å²) in [6.45, 7) is 10.6. The summed E-state index contributed by atoms with van der Waals surface area (Å²) in [4.78, 5) is 22.1. The van der Waals surface area contributed by atoms with Gasteiger partial charge in [-0.15, -0.1) is 0 Å². The lowest BCUT2D eigenvalue weighted by molar-refractivity contribution is 0.313. The summed E-state index contributed by atoms with van der Waals surface area (Å²) in [5, 5.41) is 1.13. The van der Waals surface area contributed by atoms with Crippen LogP contribution in [0.3, 0.4) is 0 Å². The predicted octanol–water partition coefficient (Wildman–Crippen LogP) is 3.62. The summed E-state index contributed by atoms with van der Waals surface area (Å²) in [5.74, 6) is 0.998. The molecule has 0 aromatic carbocycles. The zero-order valence-corrected chi connectivity index (χ0v) is 17.5. The number of pyridine rings is 2. The van der Waals surface area contributed by atoms with E-state index >= 15 is 0 Å². The van der Waals surface area contributed by atoms with Crippen LogP contribution < -0.4 is 4.90 Å². The average Bonchev–Trinajstić information content (AvgIpc) is 3.27. The first-order chi connectivity index (χ1) is 14.0. The van der Waals surface area contributed by atoms with Gasteiger partial charge in [0.1, 0.15) is 11.5 Å². The number of H-pyrrole nitrogens is 1. The molecule has 29 heavy (non-hydrogen) atoms. The van der Waals surface area contributed by atoms with E-state index in [0.29, 0.717) is 6.04 Å². The molecule has 5 rings (SSSR count). The van der Waals surface area contributed by atoms with Crippen LogP contribution in [0, 0.1) is 6.92 Å². The minimum absolute atomic E-state index is 0.338. The summed E-state index contributed by atoms with van der Waals surface area (Å²) in [7, 11) is 2.18. The molecule has 0 radical (unpaired) electrons. The van der Waals surface area contributed by atoms with Crippen molar-refractivity contribution in [3.63, 3.8) is 0 Å². The average molecular weight is 390 g/mol. The molecule has 0 aliphatic carbocycles. The first-order valence-corrected chi connectivity index (χ1v) is 10.3. The second-order valence-corrected chi connectivity index (χ2v) is 8.27. The number of piperazine rings is 1. The molecule has 0 bridgehead atoms. The molecule has 7 heteroatoms. The molecule has 0 unspecified atom stereocenters. The van der Waals surface area contributed by atoms with Crippen molar-refractivity contribution in [1.29, 1.82) is 0 Å². The van der Waals surface area contributed by atoms with Gasteiger partial charge in [-0.3, -0.25) is 0 Å². The van der Waals surface area contributed by atoms with E-state index in [2.05, 4.69) is 67.3 Å². The van der Waals surface area contributed by atoms with Crippen LogP contribution in [0.25, 0.3) is 33.3 Å². The highest BCUT2D eigenvalue weighted by atomic mass is 15.2. The first kappa shape index (κ1) is 18.1. The maximum atomic E-state index is 4.68. The predicted molar refractivity (Wildman–Crippen MR) is 117 cm³/mol. The smallest absolute Gasteiger partial charge is 0.177 e. The Morgan fingerprint density at radius 2 is 1.83 bits per heavy atom. The van der Waals surface area contributed by atoms with Crippen molar-refractivity contribution in [3.05, 3.63) is 36.5 Å². The van der Waals surface area contributed by atoms with Gasteiger partial charge in [0.05, 0.1) is 17.4 Å². The zero-order valence-electron chi connectivity index (χ0n) is 17.5. The molecular formula is C22H27N7. The number of likely N-dealkylation sites (N-methyl/N-ethyl adjacent to an activating group) is 1. The maximum absolute atomic E-state index is 4.68. The monoisotopic (exact) mass is 389 g/mol. The lowest BCUT2D eigenvalue weighted by Gasteiger charge is -2.33. The molecule has 1 aliphatic heterocycles. The van der Waals surface area contributed by atoms with Crippen molar-refractivity contribution in [3.8, 4) is 11.1 Å². The van der Waals surface area contributed by atoms with Crippen LogP contribution in [0.15, 0.2) is 30.7 Å². The SMILES string of the molecule is Cc1nc2ncc(-c3c[nH]c4ncc(N5CCN(C)CC5)cc34)cc2n1C(C)C. The van der Waals surface area contributed by atoms with Crippen LogP contribution in [0.5, 0.6) is 0 Å². The Kier molecular flexibility index (Phi) is 4.28. The number of anilines is 1. The van der Waals surface area contributed by atoms with Crippen LogP contribution in [-0.4, -0.2) is 62.6 Å². The highest BCUT2D eigenvalue weighted by Gasteiger charge is 2.18. The van der Waals surface area contributed by atoms with E-state index in [1.54, 1.807) is 0 Å². The van der Waals surface area contributed by atoms with Crippen LogP contribution in [0.2, 0.25) is 0 Å².